The van der Waals surface area contributed by atoms with Crippen molar-refractivity contribution in [2.75, 3.05) is 13.1 Å². The van der Waals surface area contributed by atoms with Crippen molar-refractivity contribution in [2.24, 2.45) is 0 Å². The van der Waals surface area contributed by atoms with Crippen molar-refractivity contribution >= 4 is 5.91 Å². The molecular weight excluding hydrogens is 320 g/mol. The van der Waals surface area contributed by atoms with E-state index in [1.54, 1.807) is 11.0 Å². The third kappa shape index (κ3) is 2.96. The maximum absolute atomic E-state index is 12.8. The van der Waals surface area contributed by atoms with E-state index in [0.717, 1.165) is 5.56 Å². The van der Waals surface area contributed by atoms with Crippen LogP contribution in [0.4, 0.5) is 0 Å². The highest BCUT2D eigenvalue weighted by molar-refractivity contribution is 5.94. The molecule has 0 bridgehead atoms. The molecule has 126 valence electrons. The Morgan fingerprint density at radius 1 is 1.12 bits per heavy atom. The summed E-state index contributed by atoms with van der Waals surface area (Å²) in [4.78, 5) is 32.5. The van der Waals surface area contributed by atoms with Crippen molar-refractivity contribution < 1.29 is 9.32 Å². The molecule has 0 spiro atoms. The molecule has 0 aliphatic carbocycles. The van der Waals surface area contributed by atoms with E-state index in [1.165, 1.54) is 18.7 Å². The third-order valence-corrected chi connectivity index (χ3v) is 4.58. The molecule has 1 fully saturated rings. The number of carbonyl (C=O) groups excluding carboxylic acids is 1. The quantitative estimate of drug-likeness (QED) is 0.787. The summed E-state index contributed by atoms with van der Waals surface area (Å²) < 4.78 is 4.90. The number of hydrogen-bond acceptors (Lipinski definition) is 5. The Morgan fingerprint density at radius 2 is 1.92 bits per heavy atom. The fraction of sp³-hybridized carbons (Fsp3) is 0.222. The predicted octanol–water partition coefficient (Wildman–Crippen LogP) is 1.78. The summed E-state index contributed by atoms with van der Waals surface area (Å²) in [5.41, 5.74) is 1.36. The van der Waals surface area contributed by atoms with Gasteiger partial charge in [-0.25, -0.2) is 0 Å². The van der Waals surface area contributed by atoms with Gasteiger partial charge in [0.15, 0.2) is 5.82 Å². The van der Waals surface area contributed by atoms with Crippen molar-refractivity contribution in [3.8, 4) is 0 Å². The number of H-pyrrole nitrogens is 1. The Kier molecular flexibility index (Phi) is 3.89. The second-order valence-corrected chi connectivity index (χ2v) is 6.06. The lowest BCUT2D eigenvalue weighted by atomic mass is 9.88. The van der Waals surface area contributed by atoms with E-state index in [1.807, 2.05) is 30.3 Å². The number of likely N-dealkylation sites (tertiary alicyclic amines) is 1. The molecule has 0 saturated carbocycles. The van der Waals surface area contributed by atoms with Crippen LogP contribution < -0.4 is 5.56 Å². The number of aromatic amines is 1. The van der Waals surface area contributed by atoms with Crippen LogP contribution in [0.2, 0.25) is 0 Å². The summed E-state index contributed by atoms with van der Waals surface area (Å²) in [6.45, 7) is 1.05. The first-order valence-corrected chi connectivity index (χ1v) is 8.01. The Morgan fingerprint density at radius 3 is 2.60 bits per heavy atom. The third-order valence-electron chi connectivity index (χ3n) is 4.58. The van der Waals surface area contributed by atoms with Crippen LogP contribution >= 0.6 is 0 Å². The van der Waals surface area contributed by atoms with E-state index in [4.69, 9.17) is 4.52 Å². The molecule has 25 heavy (non-hydrogen) atoms. The molecule has 0 unspecified atom stereocenters. The molecule has 1 aliphatic heterocycles. The van der Waals surface area contributed by atoms with Crippen molar-refractivity contribution in [1.29, 1.82) is 0 Å². The number of rotatable bonds is 3. The lowest BCUT2D eigenvalue weighted by Crippen LogP contribution is -2.29. The van der Waals surface area contributed by atoms with Crippen molar-refractivity contribution in [3.05, 3.63) is 82.4 Å². The fourth-order valence-corrected chi connectivity index (χ4v) is 3.34. The number of nitrogens with one attached hydrogen (secondary N) is 1. The van der Waals surface area contributed by atoms with Crippen LogP contribution in [0.25, 0.3) is 0 Å². The molecule has 7 nitrogen and oxygen atoms in total. The molecule has 0 radical (unpaired) electrons. The van der Waals surface area contributed by atoms with Crippen LogP contribution in [0.1, 0.15) is 33.6 Å². The maximum atomic E-state index is 12.8. The van der Waals surface area contributed by atoms with Crippen molar-refractivity contribution in [3.63, 3.8) is 0 Å². The smallest absolute Gasteiger partial charge is 0.255 e. The highest BCUT2D eigenvalue weighted by atomic mass is 16.5. The van der Waals surface area contributed by atoms with Gasteiger partial charge in [0.1, 0.15) is 0 Å². The second kappa shape index (κ2) is 6.35. The summed E-state index contributed by atoms with van der Waals surface area (Å²) in [5.74, 6) is 0.534. The van der Waals surface area contributed by atoms with E-state index in [2.05, 4.69) is 15.1 Å². The van der Waals surface area contributed by atoms with Crippen molar-refractivity contribution in [2.45, 2.75) is 11.8 Å². The predicted molar refractivity (Wildman–Crippen MR) is 89.2 cm³/mol. The minimum absolute atomic E-state index is 0.0344. The number of amides is 1. The monoisotopic (exact) mass is 336 g/mol. The van der Waals surface area contributed by atoms with Gasteiger partial charge in [-0.3, -0.25) is 9.59 Å². The van der Waals surface area contributed by atoms with Gasteiger partial charge in [-0.15, -0.1) is 0 Å². The molecule has 1 aliphatic rings. The van der Waals surface area contributed by atoms with Crippen LogP contribution in [0, 0.1) is 0 Å². The second-order valence-electron chi connectivity index (χ2n) is 6.06. The highest BCUT2D eigenvalue weighted by Crippen LogP contribution is 2.38. The Labute approximate surface area is 143 Å². The number of nitrogens with zero attached hydrogens (tertiary/aromatic N) is 3. The van der Waals surface area contributed by atoms with Crippen molar-refractivity contribution in [1.82, 2.24) is 20.0 Å². The van der Waals surface area contributed by atoms with E-state index in [9.17, 15) is 9.59 Å². The summed E-state index contributed by atoms with van der Waals surface area (Å²) in [6.07, 6.45) is 2.76. The van der Waals surface area contributed by atoms with Crippen LogP contribution in [0.3, 0.4) is 0 Å². The van der Waals surface area contributed by atoms with Crippen LogP contribution in [0.15, 0.2) is 64.4 Å². The SMILES string of the molecule is O=C(c1ccc(=O)[nH]c1)N1C[C@H](c2ccccc2)[C@H](c2ncon2)C1. The number of benzene rings is 1. The molecule has 1 N–H and O–H groups in total. The topological polar surface area (TPSA) is 92.1 Å². The minimum Gasteiger partial charge on any atom is -0.343 e. The zero-order chi connectivity index (χ0) is 17.2. The lowest BCUT2D eigenvalue weighted by Gasteiger charge is -2.16. The molecule has 1 saturated heterocycles. The highest BCUT2D eigenvalue weighted by Gasteiger charge is 2.39. The molecule has 1 aromatic carbocycles. The molecule has 7 heteroatoms. The summed E-state index contributed by atoms with van der Waals surface area (Å²) >= 11 is 0. The average Bonchev–Trinajstić information content (AvgIpc) is 3.32. The van der Waals surface area contributed by atoms with Crippen LogP contribution in [-0.4, -0.2) is 39.0 Å². The standard InChI is InChI=1S/C18H16N4O3/c23-16-7-6-13(8-19-16)18(24)22-9-14(12-4-2-1-3-5-12)15(10-22)17-20-11-25-21-17/h1-8,11,14-15H,9-10H2,(H,19,23)/t14-,15-/m1/s1. The lowest BCUT2D eigenvalue weighted by molar-refractivity contribution is 0.0788. The Bertz CT molecular complexity index is 901. The van der Waals surface area contributed by atoms with E-state index >= 15 is 0 Å². The summed E-state index contributed by atoms with van der Waals surface area (Å²) in [7, 11) is 0. The molecule has 3 aromatic rings. The minimum atomic E-state index is -0.232. The largest absolute Gasteiger partial charge is 0.343 e. The molecule has 2 aromatic heterocycles. The van der Waals surface area contributed by atoms with E-state index in [0.29, 0.717) is 24.5 Å². The van der Waals surface area contributed by atoms with Gasteiger partial charge in [0.25, 0.3) is 5.91 Å². The van der Waals surface area contributed by atoms with Gasteiger partial charge < -0.3 is 14.4 Å². The Balaban J connectivity index is 1.64. The van der Waals surface area contributed by atoms with Gasteiger partial charge in [-0.05, 0) is 11.6 Å². The normalized spacial score (nSPS) is 19.9. The number of hydrogen-bond donors (Lipinski definition) is 1. The first-order chi connectivity index (χ1) is 12.2. The van der Waals surface area contributed by atoms with Crippen LogP contribution in [0.5, 0.6) is 0 Å². The molecular formula is C18H16N4O3. The molecule has 3 heterocycles. The maximum Gasteiger partial charge on any atom is 0.255 e. The van der Waals surface area contributed by atoms with Gasteiger partial charge in [0, 0.05) is 37.2 Å². The number of pyridine rings is 1. The van der Waals surface area contributed by atoms with Gasteiger partial charge in [0.05, 0.1) is 5.56 Å². The van der Waals surface area contributed by atoms with Gasteiger partial charge in [0.2, 0.25) is 12.0 Å². The Hall–Kier alpha value is -3.22. The first-order valence-electron chi connectivity index (χ1n) is 8.01. The number of aromatic nitrogens is 3. The number of carbonyl (C=O) groups is 1. The van der Waals surface area contributed by atoms with Crippen LogP contribution in [-0.2, 0) is 0 Å². The molecule has 1 amide bonds. The summed E-state index contributed by atoms with van der Waals surface area (Å²) in [5, 5.41) is 3.98. The average molecular weight is 336 g/mol. The van der Waals surface area contributed by atoms with E-state index in [-0.39, 0.29) is 23.3 Å². The summed E-state index contributed by atoms with van der Waals surface area (Å²) in [6, 6.07) is 12.9. The zero-order valence-corrected chi connectivity index (χ0v) is 13.3. The van der Waals surface area contributed by atoms with Gasteiger partial charge in [-0.2, -0.15) is 4.98 Å². The fourth-order valence-electron chi connectivity index (χ4n) is 3.34. The first kappa shape index (κ1) is 15.3. The zero-order valence-electron chi connectivity index (χ0n) is 13.3. The molecule has 2 atom stereocenters. The van der Waals surface area contributed by atoms with Gasteiger partial charge >= 0.3 is 0 Å². The van der Waals surface area contributed by atoms with Gasteiger partial charge in [-0.1, -0.05) is 35.5 Å². The molecule has 4 rings (SSSR count). The van der Waals surface area contributed by atoms with E-state index < -0.39 is 0 Å².